The van der Waals surface area contributed by atoms with Crippen molar-refractivity contribution in [2.75, 3.05) is 18.0 Å². The van der Waals surface area contributed by atoms with E-state index in [2.05, 4.69) is 48.2 Å². The Morgan fingerprint density at radius 2 is 2.07 bits per heavy atom. The highest BCUT2D eigenvalue weighted by molar-refractivity contribution is 5.93. The fraction of sp³-hybridized carbons (Fsp3) is 0.696. The number of amides is 2. The molecule has 3 aliphatic rings. The summed E-state index contributed by atoms with van der Waals surface area (Å²) in [4.78, 5) is 27.4. The van der Waals surface area contributed by atoms with Crippen molar-refractivity contribution < 1.29 is 9.59 Å². The van der Waals surface area contributed by atoms with Crippen molar-refractivity contribution >= 4 is 17.6 Å². The second-order valence-corrected chi connectivity index (χ2v) is 9.46. The first-order valence-electron chi connectivity index (χ1n) is 11.4. The molecule has 0 radical (unpaired) electrons. The number of rotatable bonds is 6. The van der Waals surface area contributed by atoms with Gasteiger partial charge >= 0.3 is 0 Å². The van der Waals surface area contributed by atoms with Gasteiger partial charge in [-0.2, -0.15) is 5.10 Å². The minimum absolute atomic E-state index is 0.0417. The first-order valence-corrected chi connectivity index (χ1v) is 11.4. The number of allylic oxidation sites excluding steroid dienone is 1. The van der Waals surface area contributed by atoms with Crippen LogP contribution < -0.4 is 16.0 Å². The number of anilines is 1. The van der Waals surface area contributed by atoms with Gasteiger partial charge in [-0.05, 0) is 63.2 Å². The van der Waals surface area contributed by atoms with Crippen LogP contribution in [-0.2, 0) is 11.8 Å². The molecule has 3 aliphatic carbocycles. The SMILES string of the molecule is CCN(CC)c1cc(C(=O)N[C@@H]2C(C)C=CC3CC2CC[C@]2(C(N)=O)CC32)nn1C. The van der Waals surface area contributed by atoms with E-state index in [9.17, 15) is 9.59 Å². The minimum atomic E-state index is -0.307. The number of hydrogen-bond acceptors (Lipinski definition) is 4. The lowest BCUT2D eigenvalue weighted by molar-refractivity contribution is -0.124. The molecular formula is C23H35N5O2. The maximum absolute atomic E-state index is 13.1. The van der Waals surface area contributed by atoms with Crippen LogP contribution in [0, 0.1) is 29.1 Å². The average molecular weight is 414 g/mol. The molecule has 2 bridgehead atoms. The summed E-state index contributed by atoms with van der Waals surface area (Å²) in [5, 5.41) is 7.77. The summed E-state index contributed by atoms with van der Waals surface area (Å²) in [5.74, 6) is 2.05. The Hall–Kier alpha value is -2.31. The highest BCUT2D eigenvalue weighted by Crippen LogP contribution is 2.64. The van der Waals surface area contributed by atoms with E-state index < -0.39 is 0 Å². The zero-order chi connectivity index (χ0) is 21.6. The summed E-state index contributed by atoms with van der Waals surface area (Å²) in [6.07, 6.45) is 8.22. The number of carbonyl (C=O) groups excluding carboxylic acids is 2. The fourth-order valence-electron chi connectivity index (χ4n) is 5.96. The summed E-state index contributed by atoms with van der Waals surface area (Å²) in [6.45, 7) is 8.11. The molecule has 2 amide bonds. The minimum Gasteiger partial charge on any atom is -0.369 e. The number of primary amides is 1. The molecule has 7 nitrogen and oxygen atoms in total. The molecule has 2 saturated carbocycles. The van der Waals surface area contributed by atoms with Gasteiger partial charge in [0.1, 0.15) is 5.82 Å². The van der Waals surface area contributed by atoms with E-state index in [1.807, 2.05) is 13.1 Å². The second kappa shape index (κ2) is 7.75. The van der Waals surface area contributed by atoms with Crippen LogP contribution in [0.2, 0.25) is 0 Å². The van der Waals surface area contributed by atoms with Gasteiger partial charge < -0.3 is 16.0 Å². The predicted molar refractivity (Wildman–Crippen MR) is 117 cm³/mol. The van der Waals surface area contributed by atoms with Crippen LogP contribution in [0.3, 0.4) is 0 Å². The molecule has 6 atom stereocenters. The van der Waals surface area contributed by atoms with Gasteiger partial charge in [-0.1, -0.05) is 19.1 Å². The first kappa shape index (κ1) is 20.9. The molecule has 3 N–H and O–H groups in total. The third-order valence-corrected chi connectivity index (χ3v) is 7.89. The lowest BCUT2D eigenvalue weighted by Crippen LogP contribution is -2.44. The van der Waals surface area contributed by atoms with Gasteiger partial charge in [-0.3, -0.25) is 14.3 Å². The molecular weight excluding hydrogens is 378 g/mol. The molecule has 0 spiro atoms. The van der Waals surface area contributed by atoms with E-state index in [0.717, 1.165) is 44.6 Å². The van der Waals surface area contributed by atoms with Crippen LogP contribution in [0.5, 0.6) is 0 Å². The van der Waals surface area contributed by atoms with E-state index in [-0.39, 0.29) is 29.2 Å². The third kappa shape index (κ3) is 3.42. The van der Waals surface area contributed by atoms with Crippen LogP contribution in [-0.4, -0.2) is 40.7 Å². The summed E-state index contributed by atoms with van der Waals surface area (Å²) in [7, 11) is 1.88. The zero-order valence-electron chi connectivity index (χ0n) is 18.6. The van der Waals surface area contributed by atoms with Gasteiger partial charge in [-0.15, -0.1) is 0 Å². The predicted octanol–water partition coefficient (Wildman–Crippen LogP) is 2.48. The van der Waals surface area contributed by atoms with Crippen LogP contribution in [0.1, 0.15) is 56.9 Å². The number of fused-ring (bicyclic) bond motifs is 4. The first-order chi connectivity index (χ1) is 14.3. The Labute approximate surface area is 179 Å². The fourth-order valence-corrected chi connectivity index (χ4v) is 5.96. The Bertz CT molecular complexity index is 858. The number of aromatic nitrogens is 2. The van der Waals surface area contributed by atoms with Gasteiger partial charge in [0.05, 0.1) is 5.41 Å². The molecule has 1 aromatic heterocycles. The molecule has 30 heavy (non-hydrogen) atoms. The molecule has 4 rings (SSSR count). The molecule has 4 unspecified atom stereocenters. The average Bonchev–Trinajstić information content (AvgIpc) is 3.40. The smallest absolute Gasteiger partial charge is 0.272 e. The number of carbonyl (C=O) groups is 2. The number of aryl methyl sites for hydroxylation is 1. The van der Waals surface area contributed by atoms with Crippen LogP contribution in [0.4, 0.5) is 5.82 Å². The summed E-state index contributed by atoms with van der Waals surface area (Å²) in [6, 6.07) is 1.92. The molecule has 2 fully saturated rings. The van der Waals surface area contributed by atoms with Crippen LogP contribution in [0.25, 0.3) is 0 Å². The van der Waals surface area contributed by atoms with Crippen molar-refractivity contribution in [3.63, 3.8) is 0 Å². The van der Waals surface area contributed by atoms with Crippen molar-refractivity contribution in [2.24, 2.45) is 41.9 Å². The number of nitrogens with zero attached hydrogens (tertiary/aromatic N) is 3. The van der Waals surface area contributed by atoms with Crippen LogP contribution >= 0.6 is 0 Å². The number of nitrogens with one attached hydrogen (secondary N) is 1. The summed E-state index contributed by atoms with van der Waals surface area (Å²) >= 11 is 0. The molecule has 164 valence electrons. The van der Waals surface area contributed by atoms with Crippen LogP contribution in [0.15, 0.2) is 18.2 Å². The van der Waals surface area contributed by atoms with Gasteiger partial charge in [0.25, 0.3) is 5.91 Å². The number of hydrogen-bond donors (Lipinski definition) is 2. The molecule has 0 aliphatic heterocycles. The monoisotopic (exact) mass is 413 g/mol. The van der Waals surface area contributed by atoms with E-state index in [1.54, 1.807) is 4.68 Å². The topological polar surface area (TPSA) is 93.2 Å². The molecule has 1 aromatic rings. The maximum Gasteiger partial charge on any atom is 0.272 e. The van der Waals surface area contributed by atoms with Crippen molar-refractivity contribution in [1.29, 1.82) is 0 Å². The van der Waals surface area contributed by atoms with Gasteiger partial charge in [0.15, 0.2) is 5.69 Å². The third-order valence-electron chi connectivity index (χ3n) is 7.89. The highest BCUT2D eigenvalue weighted by atomic mass is 16.2. The Kier molecular flexibility index (Phi) is 5.41. The zero-order valence-corrected chi connectivity index (χ0v) is 18.6. The van der Waals surface area contributed by atoms with Crippen molar-refractivity contribution in [3.8, 4) is 0 Å². The normalized spacial score (nSPS) is 34.5. The largest absolute Gasteiger partial charge is 0.369 e. The Morgan fingerprint density at radius 1 is 1.33 bits per heavy atom. The van der Waals surface area contributed by atoms with E-state index >= 15 is 0 Å². The maximum atomic E-state index is 13.1. The molecule has 7 heteroatoms. The van der Waals surface area contributed by atoms with E-state index in [4.69, 9.17) is 5.73 Å². The Balaban J connectivity index is 1.52. The highest BCUT2D eigenvalue weighted by Gasteiger charge is 2.62. The van der Waals surface area contributed by atoms with Gasteiger partial charge in [-0.25, -0.2) is 0 Å². The molecule has 1 heterocycles. The van der Waals surface area contributed by atoms with Crippen molar-refractivity contribution in [3.05, 3.63) is 23.9 Å². The summed E-state index contributed by atoms with van der Waals surface area (Å²) < 4.78 is 1.78. The van der Waals surface area contributed by atoms with Crippen molar-refractivity contribution in [2.45, 2.75) is 52.5 Å². The van der Waals surface area contributed by atoms with Gasteiger partial charge in [0, 0.05) is 32.2 Å². The summed E-state index contributed by atoms with van der Waals surface area (Å²) in [5.41, 5.74) is 5.92. The Morgan fingerprint density at radius 3 is 2.73 bits per heavy atom. The standard InChI is InChI=1S/C23H35N5O2/c1-5-28(6-2)19-12-18(26-27(19)4)21(29)25-20-14(3)7-8-15-11-16(20)9-10-23(22(24)30)13-17(15)23/h7-8,12,14-17,20H,5-6,9-11,13H2,1-4H3,(H2,24,30)(H,25,29)/t14?,15?,16?,17?,20-,23+/m1/s1. The number of nitrogens with two attached hydrogens (primary N) is 1. The lowest BCUT2D eigenvalue weighted by Gasteiger charge is -2.30. The van der Waals surface area contributed by atoms with Crippen molar-refractivity contribution in [1.82, 2.24) is 15.1 Å². The second-order valence-electron chi connectivity index (χ2n) is 9.46. The lowest BCUT2D eigenvalue weighted by atomic mass is 9.83. The molecule has 0 saturated heterocycles. The molecule has 0 aromatic carbocycles. The van der Waals surface area contributed by atoms with E-state index in [0.29, 0.717) is 23.4 Å². The van der Waals surface area contributed by atoms with E-state index in [1.165, 1.54) is 0 Å². The van der Waals surface area contributed by atoms with Gasteiger partial charge in [0.2, 0.25) is 5.91 Å². The quantitative estimate of drug-likeness (QED) is 0.701.